The SMILES string of the molecule is CC(C)(C)n1ncc(CC#N)c1N. The van der Waals surface area contributed by atoms with E-state index in [1.54, 1.807) is 10.9 Å². The summed E-state index contributed by atoms with van der Waals surface area (Å²) < 4.78 is 1.74. The third kappa shape index (κ3) is 1.81. The average Bonchev–Trinajstić information content (AvgIpc) is 2.32. The predicted molar refractivity (Wildman–Crippen MR) is 51.0 cm³/mol. The molecular weight excluding hydrogens is 164 g/mol. The first-order valence-corrected chi connectivity index (χ1v) is 4.16. The Bertz CT molecular complexity index is 337. The molecule has 0 aliphatic carbocycles. The van der Waals surface area contributed by atoms with Crippen LogP contribution in [0.15, 0.2) is 6.20 Å². The Hall–Kier alpha value is -1.50. The van der Waals surface area contributed by atoms with E-state index in [0.717, 1.165) is 5.56 Å². The molecule has 0 aromatic carbocycles. The van der Waals surface area contributed by atoms with Crippen molar-refractivity contribution in [1.29, 1.82) is 5.26 Å². The van der Waals surface area contributed by atoms with Crippen LogP contribution in [0.25, 0.3) is 0 Å². The third-order valence-corrected chi connectivity index (χ3v) is 1.79. The fourth-order valence-corrected chi connectivity index (χ4v) is 1.15. The van der Waals surface area contributed by atoms with Crippen LogP contribution in [-0.2, 0) is 12.0 Å². The van der Waals surface area contributed by atoms with E-state index in [9.17, 15) is 0 Å². The summed E-state index contributed by atoms with van der Waals surface area (Å²) in [5, 5.41) is 12.7. The molecular formula is C9H14N4. The Morgan fingerprint density at radius 3 is 2.62 bits per heavy atom. The highest BCUT2D eigenvalue weighted by Crippen LogP contribution is 2.20. The summed E-state index contributed by atoms with van der Waals surface area (Å²) in [6, 6.07) is 2.06. The third-order valence-electron chi connectivity index (χ3n) is 1.79. The van der Waals surface area contributed by atoms with E-state index in [4.69, 9.17) is 11.0 Å². The number of rotatable bonds is 1. The molecule has 0 atom stereocenters. The van der Waals surface area contributed by atoms with Gasteiger partial charge in [0, 0.05) is 5.56 Å². The average molecular weight is 178 g/mol. The lowest BCUT2D eigenvalue weighted by Crippen LogP contribution is -2.24. The van der Waals surface area contributed by atoms with Crippen molar-refractivity contribution >= 4 is 5.82 Å². The van der Waals surface area contributed by atoms with Gasteiger partial charge in [0.15, 0.2) is 0 Å². The van der Waals surface area contributed by atoms with Gasteiger partial charge in [-0.15, -0.1) is 0 Å². The molecule has 1 aromatic heterocycles. The lowest BCUT2D eigenvalue weighted by Gasteiger charge is -2.20. The molecule has 0 amide bonds. The summed E-state index contributed by atoms with van der Waals surface area (Å²) in [7, 11) is 0. The quantitative estimate of drug-likeness (QED) is 0.704. The second kappa shape index (κ2) is 3.09. The van der Waals surface area contributed by atoms with Crippen molar-refractivity contribution < 1.29 is 0 Å². The van der Waals surface area contributed by atoms with Gasteiger partial charge in [0.1, 0.15) is 5.82 Å². The molecule has 0 bridgehead atoms. The molecule has 1 rings (SSSR count). The molecule has 2 N–H and O–H groups in total. The van der Waals surface area contributed by atoms with E-state index in [1.807, 2.05) is 20.8 Å². The van der Waals surface area contributed by atoms with E-state index in [-0.39, 0.29) is 5.54 Å². The van der Waals surface area contributed by atoms with E-state index >= 15 is 0 Å². The lowest BCUT2D eigenvalue weighted by molar-refractivity contribution is 0.361. The number of hydrogen-bond donors (Lipinski definition) is 1. The number of anilines is 1. The van der Waals surface area contributed by atoms with Gasteiger partial charge >= 0.3 is 0 Å². The Morgan fingerprint density at radius 2 is 2.23 bits per heavy atom. The second-order valence-electron chi connectivity index (χ2n) is 3.97. The number of nitrogen functional groups attached to an aromatic ring is 1. The van der Waals surface area contributed by atoms with E-state index in [0.29, 0.717) is 12.2 Å². The summed E-state index contributed by atoms with van der Waals surface area (Å²) in [4.78, 5) is 0. The largest absolute Gasteiger partial charge is 0.384 e. The molecule has 0 saturated carbocycles. The van der Waals surface area contributed by atoms with Crippen molar-refractivity contribution in [2.24, 2.45) is 0 Å². The zero-order chi connectivity index (χ0) is 10.1. The van der Waals surface area contributed by atoms with E-state index < -0.39 is 0 Å². The molecule has 4 heteroatoms. The fourth-order valence-electron chi connectivity index (χ4n) is 1.15. The summed E-state index contributed by atoms with van der Waals surface area (Å²) in [6.45, 7) is 6.06. The highest BCUT2D eigenvalue weighted by molar-refractivity contribution is 5.41. The van der Waals surface area contributed by atoms with Crippen molar-refractivity contribution in [2.75, 3.05) is 5.73 Å². The van der Waals surface area contributed by atoms with Crippen LogP contribution in [-0.4, -0.2) is 9.78 Å². The van der Waals surface area contributed by atoms with Gasteiger partial charge in [0.05, 0.1) is 24.2 Å². The van der Waals surface area contributed by atoms with Gasteiger partial charge in [0.2, 0.25) is 0 Å². The van der Waals surface area contributed by atoms with Crippen LogP contribution in [0.2, 0.25) is 0 Å². The highest BCUT2D eigenvalue weighted by atomic mass is 15.3. The molecule has 1 aromatic rings. The van der Waals surface area contributed by atoms with Gasteiger partial charge in [-0.05, 0) is 20.8 Å². The molecule has 0 fully saturated rings. The van der Waals surface area contributed by atoms with Crippen LogP contribution in [0, 0.1) is 11.3 Å². The Kier molecular flexibility index (Phi) is 2.28. The number of nitriles is 1. The van der Waals surface area contributed by atoms with Crippen LogP contribution in [0.1, 0.15) is 26.3 Å². The minimum atomic E-state index is -0.127. The van der Waals surface area contributed by atoms with Gasteiger partial charge in [-0.1, -0.05) is 0 Å². The molecule has 70 valence electrons. The molecule has 0 saturated heterocycles. The van der Waals surface area contributed by atoms with Gasteiger partial charge in [-0.3, -0.25) is 0 Å². The van der Waals surface area contributed by atoms with Gasteiger partial charge in [-0.25, -0.2) is 4.68 Å². The molecule has 0 unspecified atom stereocenters. The first-order valence-electron chi connectivity index (χ1n) is 4.16. The van der Waals surface area contributed by atoms with Gasteiger partial charge < -0.3 is 5.73 Å². The maximum Gasteiger partial charge on any atom is 0.126 e. The van der Waals surface area contributed by atoms with E-state index in [1.165, 1.54) is 0 Å². The normalized spacial score (nSPS) is 11.2. The minimum absolute atomic E-state index is 0.127. The van der Waals surface area contributed by atoms with Crippen LogP contribution in [0.5, 0.6) is 0 Å². The number of nitrogens with two attached hydrogens (primary N) is 1. The standard InChI is InChI=1S/C9H14N4/c1-9(2,3)13-8(11)7(4-5-10)6-12-13/h6H,4,11H2,1-3H3. The summed E-state index contributed by atoms with van der Waals surface area (Å²) in [6.07, 6.45) is 1.98. The maximum atomic E-state index is 8.51. The van der Waals surface area contributed by atoms with Crippen LogP contribution >= 0.6 is 0 Å². The Morgan fingerprint density at radius 1 is 1.62 bits per heavy atom. The smallest absolute Gasteiger partial charge is 0.126 e. The second-order valence-corrected chi connectivity index (χ2v) is 3.97. The number of nitrogens with zero attached hydrogens (tertiary/aromatic N) is 3. The maximum absolute atomic E-state index is 8.51. The summed E-state index contributed by atoms with van der Waals surface area (Å²) in [5.74, 6) is 0.592. The Labute approximate surface area is 78.0 Å². The summed E-state index contributed by atoms with van der Waals surface area (Å²) in [5.41, 5.74) is 6.50. The molecule has 0 aliphatic heterocycles. The topological polar surface area (TPSA) is 67.6 Å². The van der Waals surface area contributed by atoms with E-state index in [2.05, 4.69) is 11.2 Å². The van der Waals surface area contributed by atoms with Crippen molar-refractivity contribution in [3.63, 3.8) is 0 Å². The first kappa shape index (κ1) is 9.59. The lowest BCUT2D eigenvalue weighted by atomic mass is 10.1. The molecule has 0 spiro atoms. The van der Waals surface area contributed by atoms with Crippen molar-refractivity contribution in [1.82, 2.24) is 9.78 Å². The van der Waals surface area contributed by atoms with Gasteiger partial charge in [0.25, 0.3) is 0 Å². The van der Waals surface area contributed by atoms with Crippen molar-refractivity contribution in [2.45, 2.75) is 32.7 Å². The van der Waals surface area contributed by atoms with Crippen LogP contribution < -0.4 is 5.73 Å². The first-order chi connectivity index (χ1) is 5.96. The molecule has 0 aliphatic rings. The Balaban J connectivity index is 3.08. The zero-order valence-electron chi connectivity index (χ0n) is 8.20. The number of aromatic nitrogens is 2. The monoisotopic (exact) mass is 178 g/mol. The predicted octanol–water partition coefficient (Wildman–Crippen LogP) is 1.29. The fraction of sp³-hybridized carbons (Fsp3) is 0.556. The van der Waals surface area contributed by atoms with Crippen LogP contribution in [0.4, 0.5) is 5.82 Å². The summed E-state index contributed by atoms with van der Waals surface area (Å²) >= 11 is 0. The molecule has 1 heterocycles. The zero-order valence-corrected chi connectivity index (χ0v) is 8.20. The molecule has 0 radical (unpaired) electrons. The highest BCUT2D eigenvalue weighted by Gasteiger charge is 2.18. The van der Waals surface area contributed by atoms with Crippen molar-refractivity contribution in [3.8, 4) is 6.07 Å². The molecule has 4 nitrogen and oxygen atoms in total. The van der Waals surface area contributed by atoms with Crippen LogP contribution in [0.3, 0.4) is 0 Å². The molecule has 13 heavy (non-hydrogen) atoms. The number of hydrogen-bond acceptors (Lipinski definition) is 3. The minimum Gasteiger partial charge on any atom is -0.384 e. The van der Waals surface area contributed by atoms with Gasteiger partial charge in [-0.2, -0.15) is 10.4 Å². The van der Waals surface area contributed by atoms with Crippen molar-refractivity contribution in [3.05, 3.63) is 11.8 Å².